The molecular formula is C18H28N2O2S. The molecular weight excluding hydrogens is 308 g/mol. The molecule has 1 heterocycles. The number of nitrogens with zero attached hydrogens (tertiary/aromatic N) is 1. The van der Waals surface area contributed by atoms with Crippen molar-refractivity contribution in [1.29, 1.82) is 0 Å². The van der Waals surface area contributed by atoms with Crippen LogP contribution in [0.5, 0.6) is 0 Å². The fourth-order valence-corrected chi connectivity index (χ4v) is 3.55. The van der Waals surface area contributed by atoms with E-state index in [1.165, 1.54) is 37.0 Å². The van der Waals surface area contributed by atoms with Crippen LogP contribution in [0.15, 0.2) is 30.2 Å². The summed E-state index contributed by atoms with van der Waals surface area (Å²) in [5.74, 6) is 0. The van der Waals surface area contributed by atoms with Crippen LogP contribution in [0.4, 0.5) is 4.79 Å². The van der Waals surface area contributed by atoms with Crippen LogP contribution in [0, 0.1) is 0 Å². The van der Waals surface area contributed by atoms with Crippen LogP contribution in [0.2, 0.25) is 0 Å². The number of urea groups is 1. The summed E-state index contributed by atoms with van der Waals surface area (Å²) in [6.45, 7) is 6.32. The van der Waals surface area contributed by atoms with Gasteiger partial charge in [0, 0.05) is 24.6 Å². The van der Waals surface area contributed by atoms with Crippen molar-refractivity contribution >= 4 is 17.4 Å². The Morgan fingerprint density at radius 1 is 1.43 bits per heavy atom. The maximum absolute atomic E-state index is 12.3. The van der Waals surface area contributed by atoms with Crippen LogP contribution in [0.3, 0.4) is 0 Å². The Hall–Kier alpha value is -1.33. The normalized spacial score (nSPS) is 15.3. The molecule has 0 spiro atoms. The van der Waals surface area contributed by atoms with Gasteiger partial charge in [-0.3, -0.25) is 0 Å². The summed E-state index contributed by atoms with van der Waals surface area (Å²) in [4.78, 5) is 15.2. The van der Waals surface area contributed by atoms with Crippen LogP contribution >= 0.6 is 11.3 Å². The topological polar surface area (TPSA) is 41.6 Å². The molecule has 0 aromatic carbocycles. The molecule has 1 fully saturated rings. The Morgan fingerprint density at radius 3 is 2.96 bits per heavy atom. The lowest BCUT2D eigenvalue weighted by molar-refractivity contribution is 0.0274. The summed E-state index contributed by atoms with van der Waals surface area (Å²) in [5.41, 5.74) is 0. The first kappa shape index (κ1) is 18.0. The molecule has 0 aliphatic heterocycles. The standard InChI is InChI=1S/C18H28N2O2S/c1-2-12-20(15-17-10-6-14-23-17)18(21)19-11-7-13-22-16-8-4-3-5-9-16/h2,6,10,14,16H,1,3-5,7-9,11-13,15H2,(H,19,21). The van der Waals surface area contributed by atoms with Gasteiger partial charge in [-0.05, 0) is 30.7 Å². The molecule has 0 unspecified atom stereocenters. The van der Waals surface area contributed by atoms with Crippen molar-refractivity contribution in [2.24, 2.45) is 0 Å². The van der Waals surface area contributed by atoms with Gasteiger partial charge in [-0.1, -0.05) is 31.4 Å². The second kappa shape index (κ2) is 10.4. The van der Waals surface area contributed by atoms with Gasteiger partial charge in [0.1, 0.15) is 0 Å². The second-order valence-corrected chi connectivity index (χ2v) is 7.00. The van der Waals surface area contributed by atoms with Crippen molar-refractivity contribution in [2.45, 2.75) is 51.2 Å². The van der Waals surface area contributed by atoms with Crippen molar-refractivity contribution in [3.8, 4) is 0 Å². The molecule has 128 valence electrons. The first-order valence-corrected chi connectivity index (χ1v) is 9.45. The molecule has 5 heteroatoms. The van der Waals surface area contributed by atoms with Gasteiger partial charge in [-0.2, -0.15) is 0 Å². The third kappa shape index (κ3) is 6.75. The number of hydrogen-bond donors (Lipinski definition) is 1. The summed E-state index contributed by atoms with van der Waals surface area (Å²) in [6, 6.07) is 4.02. The first-order chi connectivity index (χ1) is 11.3. The molecule has 0 saturated heterocycles. The van der Waals surface area contributed by atoms with E-state index in [1.54, 1.807) is 22.3 Å². The molecule has 0 bridgehead atoms. The van der Waals surface area contributed by atoms with Gasteiger partial charge in [0.05, 0.1) is 12.6 Å². The van der Waals surface area contributed by atoms with Gasteiger partial charge >= 0.3 is 6.03 Å². The second-order valence-electron chi connectivity index (χ2n) is 5.96. The van der Waals surface area contributed by atoms with E-state index in [4.69, 9.17) is 4.74 Å². The zero-order valence-electron chi connectivity index (χ0n) is 13.8. The average Bonchev–Trinajstić information content (AvgIpc) is 3.08. The summed E-state index contributed by atoms with van der Waals surface area (Å²) in [7, 11) is 0. The highest BCUT2D eigenvalue weighted by Gasteiger charge is 2.14. The Balaban J connectivity index is 1.62. The Kier molecular flexibility index (Phi) is 8.18. The van der Waals surface area contributed by atoms with E-state index in [2.05, 4.69) is 11.9 Å². The van der Waals surface area contributed by atoms with Crippen LogP contribution in [-0.2, 0) is 11.3 Å². The predicted molar refractivity (Wildman–Crippen MR) is 95.8 cm³/mol. The largest absolute Gasteiger partial charge is 0.378 e. The van der Waals surface area contributed by atoms with E-state index in [9.17, 15) is 4.79 Å². The van der Waals surface area contributed by atoms with Gasteiger partial charge in [-0.25, -0.2) is 4.79 Å². The minimum atomic E-state index is -0.0315. The van der Waals surface area contributed by atoms with E-state index in [0.717, 1.165) is 13.0 Å². The van der Waals surface area contributed by atoms with Crippen LogP contribution in [-0.4, -0.2) is 36.7 Å². The minimum absolute atomic E-state index is 0.0315. The number of carbonyl (C=O) groups is 1. The summed E-state index contributed by atoms with van der Waals surface area (Å²) in [5, 5.41) is 5.01. The molecule has 0 radical (unpaired) electrons. The van der Waals surface area contributed by atoms with E-state index in [0.29, 0.717) is 25.7 Å². The first-order valence-electron chi connectivity index (χ1n) is 8.57. The van der Waals surface area contributed by atoms with Crippen molar-refractivity contribution in [3.63, 3.8) is 0 Å². The van der Waals surface area contributed by atoms with Crippen LogP contribution in [0.25, 0.3) is 0 Å². The Labute approximate surface area is 143 Å². The molecule has 4 nitrogen and oxygen atoms in total. The SMILES string of the molecule is C=CCN(Cc1cccs1)C(=O)NCCCOC1CCCCC1. The molecule has 2 amide bonds. The number of nitrogens with one attached hydrogen (secondary N) is 1. The van der Waals surface area contributed by atoms with Gasteiger partial charge < -0.3 is 15.0 Å². The number of amides is 2. The zero-order chi connectivity index (χ0) is 16.3. The maximum Gasteiger partial charge on any atom is 0.318 e. The minimum Gasteiger partial charge on any atom is -0.378 e. The van der Waals surface area contributed by atoms with E-state index >= 15 is 0 Å². The Morgan fingerprint density at radius 2 is 2.26 bits per heavy atom. The summed E-state index contributed by atoms with van der Waals surface area (Å²) < 4.78 is 5.88. The lowest BCUT2D eigenvalue weighted by Crippen LogP contribution is -2.40. The van der Waals surface area contributed by atoms with Gasteiger partial charge in [-0.15, -0.1) is 17.9 Å². The van der Waals surface area contributed by atoms with Crippen LogP contribution in [0.1, 0.15) is 43.4 Å². The van der Waals surface area contributed by atoms with Crippen molar-refractivity contribution in [1.82, 2.24) is 10.2 Å². The summed E-state index contributed by atoms with van der Waals surface area (Å²) in [6.07, 6.45) is 9.39. The average molecular weight is 337 g/mol. The maximum atomic E-state index is 12.3. The number of ether oxygens (including phenoxy) is 1. The smallest absolute Gasteiger partial charge is 0.318 e. The highest BCUT2D eigenvalue weighted by molar-refractivity contribution is 7.09. The molecule has 0 atom stereocenters. The number of carbonyl (C=O) groups excluding carboxylic acids is 1. The molecule has 1 saturated carbocycles. The van der Waals surface area contributed by atoms with Crippen molar-refractivity contribution < 1.29 is 9.53 Å². The van der Waals surface area contributed by atoms with Crippen molar-refractivity contribution in [2.75, 3.05) is 19.7 Å². The van der Waals surface area contributed by atoms with E-state index < -0.39 is 0 Å². The van der Waals surface area contributed by atoms with E-state index in [-0.39, 0.29) is 6.03 Å². The molecule has 1 aliphatic rings. The zero-order valence-corrected chi connectivity index (χ0v) is 14.7. The lowest BCUT2D eigenvalue weighted by Gasteiger charge is -2.23. The number of rotatable bonds is 9. The molecule has 1 aromatic heterocycles. The number of thiophene rings is 1. The fraction of sp³-hybridized carbons (Fsp3) is 0.611. The molecule has 23 heavy (non-hydrogen) atoms. The fourth-order valence-electron chi connectivity index (χ4n) is 2.83. The van der Waals surface area contributed by atoms with Crippen molar-refractivity contribution in [3.05, 3.63) is 35.0 Å². The summed E-state index contributed by atoms with van der Waals surface area (Å²) >= 11 is 1.67. The quantitative estimate of drug-likeness (QED) is 0.543. The molecule has 1 N–H and O–H groups in total. The highest BCUT2D eigenvalue weighted by atomic mass is 32.1. The predicted octanol–water partition coefficient (Wildman–Crippen LogP) is 4.19. The molecule has 1 aromatic rings. The lowest BCUT2D eigenvalue weighted by atomic mass is 9.98. The van der Waals surface area contributed by atoms with Crippen LogP contribution < -0.4 is 5.32 Å². The van der Waals surface area contributed by atoms with Gasteiger partial charge in [0.25, 0.3) is 0 Å². The Bertz CT molecular complexity index is 456. The molecule has 1 aliphatic carbocycles. The van der Waals surface area contributed by atoms with Gasteiger partial charge in [0.2, 0.25) is 0 Å². The third-order valence-electron chi connectivity index (χ3n) is 4.07. The highest BCUT2D eigenvalue weighted by Crippen LogP contribution is 2.20. The third-order valence-corrected chi connectivity index (χ3v) is 4.93. The monoisotopic (exact) mass is 336 g/mol. The molecule has 2 rings (SSSR count). The van der Waals surface area contributed by atoms with E-state index in [1.807, 2.05) is 17.5 Å². The van der Waals surface area contributed by atoms with Gasteiger partial charge in [0.15, 0.2) is 0 Å². The number of hydrogen-bond acceptors (Lipinski definition) is 3.